The highest BCUT2D eigenvalue weighted by Gasteiger charge is 2.34. The molecule has 136 valence electrons. The van der Waals surface area contributed by atoms with Crippen molar-refractivity contribution < 1.29 is 9.59 Å². The first kappa shape index (κ1) is 17.6. The predicted octanol–water partition coefficient (Wildman–Crippen LogP) is 3.56. The highest BCUT2D eigenvalue weighted by atomic mass is 35.5. The number of rotatable bonds is 3. The normalized spacial score (nSPS) is 18.3. The second kappa shape index (κ2) is 7.06. The van der Waals surface area contributed by atoms with Crippen LogP contribution >= 0.6 is 23.2 Å². The van der Waals surface area contributed by atoms with Gasteiger partial charge in [-0.15, -0.1) is 0 Å². The van der Waals surface area contributed by atoms with Crippen molar-refractivity contribution in [3.8, 4) is 0 Å². The Balaban J connectivity index is 1.56. The minimum absolute atomic E-state index is 0.0602. The van der Waals surface area contributed by atoms with Gasteiger partial charge in [0.15, 0.2) is 0 Å². The zero-order chi connectivity index (χ0) is 19.0. The minimum Gasteiger partial charge on any atom is -0.267 e. The van der Waals surface area contributed by atoms with Crippen LogP contribution in [0.3, 0.4) is 0 Å². The first-order valence-electron chi connectivity index (χ1n) is 8.24. The Bertz CT molecular complexity index is 985. The van der Waals surface area contributed by atoms with Crippen molar-refractivity contribution in [2.45, 2.75) is 6.42 Å². The zero-order valence-corrected chi connectivity index (χ0v) is 15.5. The van der Waals surface area contributed by atoms with Crippen molar-refractivity contribution in [1.29, 1.82) is 0 Å². The molecule has 2 heterocycles. The van der Waals surface area contributed by atoms with Crippen molar-refractivity contribution in [2.75, 3.05) is 16.6 Å². The predicted molar refractivity (Wildman–Crippen MR) is 107 cm³/mol. The number of halogens is 2. The molecule has 2 aromatic rings. The summed E-state index contributed by atoms with van der Waals surface area (Å²) in [7, 11) is 0. The van der Waals surface area contributed by atoms with Gasteiger partial charge >= 0.3 is 0 Å². The van der Waals surface area contributed by atoms with E-state index >= 15 is 0 Å². The summed E-state index contributed by atoms with van der Waals surface area (Å²) in [5.41, 5.74) is 4.75. The molecule has 2 aliphatic rings. The molecule has 0 aromatic heterocycles. The van der Waals surface area contributed by atoms with Gasteiger partial charge < -0.3 is 0 Å². The van der Waals surface area contributed by atoms with E-state index in [9.17, 15) is 9.59 Å². The smallest absolute Gasteiger partial charge is 0.267 e. The average molecular weight is 401 g/mol. The molecule has 27 heavy (non-hydrogen) atoms. The Morgan fingerprint density at radius 1 is 1.04 bits per heavy atom. The first-order chi connectivity index (χ1) is 13.0. The number of amides is 2. The standard InChI is InChI=1S/C19H14Cl2N4O2/c20-13-2-1-3-15(11-13)25-19(27)16(18(26)23-25)10-12-4-6-14(7-5-12)24-9-8-17(21)22-24/h1-7,10-11H,8-9H2,(H,23,26). The quantitative estimate of drug-likeness (QED) is 0.632. The van der Waals surface area contributed by atoms with Crippen LogP contribution in [0.25, 0.3) is 6.08 Å². The average Bonchev–Trinajstić information content (AvgIpc) is 3.21. The number of anilines is 2. The molecular formula is C19H14Cl2N4O2. The fourth-order valence-corrected chi connectivity index (χ4v) is 3.24. The Morgan fingerprint density at radius 2 is 1.81 bits per heavy atom. The van der Waals surface area contributed by atoms with E-state index < -0.39 is 11.8 Å². The van der Waals surface area contributed by atoms with E-state index in [1.165, 1.54) is 5.01 Å². The second-order valence-corrected chi connectivity index (χ2v) is 6.93. The van der Waals surface area contributed by atoms with Crippen molar-refractivity contribution in [3.05, 3.63) is 64.7 Å². The lowest BCUT2D eigenvalue weighted by Gasteiger charge is -2.14. The number of hydrogen-bond acceptors (Lipinski definition) is 4. The van der Waals surface area contributed by atoms with Crippen LogP contribution < -0.4 is 15.4 Å². The molecule has 0 aliphatic carbocycles. The summed E-state index contributed by atoms with van der Waals surface area (Å²) in [6, 6.07) is 14.1. The summed E-state index contributed by atoms with van der Waals surface area (Å²) >= 11 is 11.9. The fraction of sp³-hybridized carbons (Fsp3) is 0.105. The minimum atomic E-state index is -0.458. The molecule has 1 fully saturated rings. The van der Waals surface area contributed by atoms with E-state index in [0.717, 1.165) is 24.2 Å². The summed E-state index contributed by atoms with van der Waals surface area (Å²) in [5, 5.41) is 8.29. The van der Waals surface area contributed by atoms with Crippen LogP contribution in [0.5, 0.6) is 0 Å². The maximum atomic E-state index is 12.6. The van der Waals surface area contributed by atoms with Crippen LogP contribution in [0.4, 0.5) is 11.4 Å². The van der Waals surface area contributed by atoms with E-state index in [1.807, 2.05) is 29.3 Å². The number of carbonyl (C=O) groups is 2. The molecule has 1 N–H and O–H groups in total. The molecule has 0 saturated carbocycles. The van der Waals surface area contributed by atoms with Gasteiger partial charge in [-0.05, 0) is 42.0 Å². The number of hydrazone groups is 1. The van der Waals surface area contributed by atoms with Gasteiger partial charge in [0.25, 0.3) is 11.8 Å². The topological polar surface area (TPSA) is 65.0 Å². The molecule has 6 nitrogen and oxygen atoms in total. The third-order valence-corrected chi connectivity index (χ3v) is 4.72. The molecule has 2 amide bonds. The number of hydrogen-bond donors (Lipinski definition) is 1. The maximum absolute atomic E-state index is 12.6. The van der Waals surface area contributed by atoms with Crippen molar-refractivity contribution in [1.82, 2.24) is 5.43 Å². The van der Waals surface area contributed by atoms with Gasteiger partial charge in [-0.25, -0.2) is 5.01 Å². The molecule has 8 heteroatoms. The molecule has 0 radical (unpaired) electrons. The van der Waals surface area contributed by atoms with Crippen LogP contribution in [0.2, 0.25) is 5.02 Å². The Hall–Kier alpha value is -2.83. The molecule has 0 spiro atoms. The summed E-state index contributed by atoms with van der Waals surface area (Å²) in [5.74, 6) is -0.887. The monoisotopic (exact) mass is 400 g/mol. The number of nitrogens with zero attached hydrogens (tertiary/aromatic N) is 3. The zero-order valence-electron chi connectivity index (χ0n) is 14.0. The van der Waals surface area contributed by atoms with Crippen LogP contribution in [0.1, 0.15) is 12.0 Å². The number of carbonyl (C=O) groups excluding carboxylic acids is 2. The number of nitrogens with one attached hydrogen (secondary N) is 1. The summed E-state index contributed by atoms with van der Waals surface area (Å²) < 4.78 is 0. The fourth-order valence-electron chi connectivity index (χ4n) is 2.88. The Morgan fingerprint density at radius 3 is 2.48 bits per heavy atom. The van der Waals surface area contributed by atoms with E-state index in [4.69, 9.17) is 23.2 Å². The van der Waals surface area contributed by atoms with Crippen molar-refractivity contribution >= 4 is 57.6 Å². The van der Waals surface area contributed by atoms with E-state index in [2.05, 4.69) is 10.5 Å². The maximum Gasteiger partial charge on any atom is 0.282 e. The van der Waals surface area contributed by atoms with Crippen LogP contribution in [0, 0.1) is 0 Å². The number of hydrazine groups is 1. The van der Waals surface area contributed by atoms with Gasteiger partial charge in [0, 0.05) is 18.0 Å². The molecular weight excluding hydrogens is 387 g/mol. The van der Waals surface area contributed by atoms with Gasteiger partial charge in [0.05, 0.1) is 11.4 Å². The van der Waals surface area contributed by atoms with Crippen LogP contribution in [-0.2, 0) is 9.59 Å². The molecule has 0 unspecified atom stereocenters. The van der Waals surface area contributed by atoms with Gasteiger partial charge in [0.2, 0.25) is 0 Å². The van der Waals surface area contributed by atoms with Crippen LogP contribution in [0.15, 0.2) is 59.2 Å². The SMILES string of the molecule is O=C1NN(c2cccc(Cl)c2)C(=O)C1=Cc1ccc(N2CCC(Cl)=N2)cc1. The van der Waals surface area contributed by atoms with Crippen molar-refractivity contribution in [2.24, 2.45) is 5.10 Å². The molecule has 2 aromatic carbocycles. The highest BCUT2D eigenvalue weighted by Crippen LogP contribution is 2.25. The summed E-state index contributed by atoms with van der Waals surface area (Å²) in [6.45, 7) is 0.731. The Labute approximate surface area is 165 Å². The lowest BCUT2D eigenvalue weighted by Crippen LogP contribution is -2.35. The van der Waals surface area contributed by atoms with Gasteiger partial charge in [-0.2, -0.15) is 5.10 Å². The molecule has 4 rings (SSSR count). The highest BCUT2D eigenvalue weighted by molar-refractivity contribution is 6.65. The van der Waals surface area contributed by atoms with E-state index in [1.54, 1.807) is 30.3 Å². The lowest BCUT2D eigenvalue weighted by molar-refractivity contribution is -0.117. The van der Waals surface area contributed by atoms with Crippen molar-refractivity contribution in [3.63, 3.8) is 0 Å². The number of benzene rings is 2. The Kier molecular flexibility index (Phi) is 4.59. The first-order valence-corrected chi connectivity index (χ1v) is 9.00. The molecule has 2 aliphatic heterocycles. The lowest BCUT2D eigenvalue weighted by atomic mass is 10.1. The third kappa shape index (κ3) is 3.54. The summed E-state index contributed by atoms with van der Waals surface area (Å²) in [6.07, 6.45) is 2.29. The third-order valence-electron chi connectivity index (χ3n) is 4.22. The van der Waals surface area contributed by atoms with Gasteiger partial charge in [0.1, 0.15) is 10.7 Å². The largest absolute Gasteiger partial charge is 0.282 e. The molecule has 0 atom stereocenters. The molecule has 0 bridgehead atoms. The van der Waals surface area contributed by atoms with Gasteiger partial charge in [-0.1, -0.05) is 41.4 Å². The summed E-state index contributed by atoms with van der Waals surface area (Å²) in [4.78, 5) is 24.9. The van der Waals surface area contributed by atoms with Crippen LogP contribution in [-0.4, -0.2) is 23.5 Å². The van der Waals surface area contributed by atoms with E-state index in [0.29, 0.717) is 15.9 Å². The second-order valence-electron chi connectivity index (χ2n) is 6.06. The van der Waals surface area contributed by atoms with E-state index in [-0.39, 0.29) is 5.57 Å². The van der Waals surface area contributed by atoms with Gasteiger partial charge in [-0.3, -0.25) is 20.0 Å². The molecule has 1 saturated heterocycles.